The predicted octanol–water partition coefficient (Wildman–Crippen LogP) is 7.78. The molecule has 0 aromatic carbocycles. The van der Waals surface area contributed by atoms with Crippen LogP contribution in [0.25, 0.3) is 0 Å². The van der Waals surface area contributed by atoms with Crippen molar-refractivity contribution in [3.63, 3.8) is 0 Å². The number of carbonyl (C=O) groups is 4. The SMILES string of the molecule is CCCCCCCCC(=O)OC[C@](O)(C(=O)CCCCCCCC)[C@@H](O)[C@@](O)(C(=O)CCCCCCCC)[C@@H](O)C(O)C(=O)CCCCCCCC. The van der Waals surface area contributed by atoms with Crippen molar-refractivity contribution in [2.75, 3.05) is 6.61 Å². The van der Waals surface area contributed by atoms with E-state index in [0.717, 1.165) is 116 Å². The highest BCUT2D eigenvalue weighted by molar-refractivity contribution is 5.94. The fourth-order valence-electron chi connectivity index (χ4n) is 6.66. The molecule has 0 saturated heterocycles. The summed E-state index contributed by atoms with van der Waals surface area (Å²) in [6, 6.07) is 0. The van der Waals surface area contributed by atoms with Gasteiger partial charge in [-0.15, -0.1) is 0 Å². The van der Waals surface area contributed by atoms with Crippen molar-refractivity contribution < 1.29 is 49.4 Å². The average Bonchev–Trinajstić information content (AvgIpc) is 3.14. The highest BCUT2D eigenvalue weighted by Gasteiger charge is 2.61. The molecule has 5 atom stereocenters. The van der Waals surface area contributed by atoms with Crippen molar-refractivity contribution in [1.82, 2.24) is 0 Å². The van der Waals surface area contributed by atoms with Gasteiger partial charge < -0.3 is 30.3 Å². The van der Waals surface area contributed by atoms with Crippen LogP contribution in [-0.2, 0) is 23.9 Å². The second-order valence-corrected chi connectivity index (χ2v) is 15.1. The van der Waals surface area contributed by atoms with Crippen LogP contribution in [0.3, 0.4) is 0 Å². The summed E-state index contributed by atoms with van der Waals surface area (Å²) in [6.45, 7) is 7.30. The van der Waals surface area contributed by atoms with Crippen LogP contribution in [0, 0.1) is 0 Å². The van der Waals surface area contributed by atoms with Gasteiger partial charge in [-0.25, -0.2) is 0 Å². The summed E-state index contributed by atoms with van der Waals surface area (Å²) >= 11 is 0. The normalized spacial score (nSPS) is 15.7. The average molecular weight is 743 g/mol. The van der Waals surface area contributed by atoms with Gasteiger partial charge in [-0.2, -0.15) is 0 Å². The Kier molecular flexibility index (Phi) is 29.6. The lowest BCUT2D eigenvalue weighted by atomic mass is 9.72. The molecule has 0 spiro atoms. The van der Waals surface area contributed by atoms with Gasteiger partial charge in [0.25, 0.3) is 0 Å². The largest absolute Gasteiger partial charge is 0.462 e. The summed E-state index contributed by atoms with van der Waals surface area (Å²) in [5, 5.41) is 58.0. The molecule has 0 radical (unpaired) electrons. The maximum Gasteiger partial charge on any atom is 0.305 e. The second-order valence-electron chi connectivity index (χ2n) is 15.1. The van der Waals surface area contributed by atoms with Gasteiger partial charge in [-0.3, -0.25) is 19.2 Å². The molecule has 52 heavy (non-hydrogen) atoms. The number of hydrogen-bond donors (Lipinski definition) is 5. The molecule has 0 aromatic rings. The second kappa shape index (κ2) is 30.6. The van der Waals surface area contributed by atoms with E-state index >= 15 is 0 Å². The fourth-order valence-corrected chi connectivity index (χ4v) is 6.66. The summed E-state index contributed by atoms with van der Waals surface area (Å²) in [7, 11) is 0. The molecule has 0 aliphatic carbocycles. The van der Waals surface area contributed by atoms with E-state index in [9.17, 15) is 44.7 Å². The standard InChI is InChI=1S/C42H78O10/c1-5-9-13-17-21-25-29-34(43)38(47)39(48)42(51,36(45)31-27-23-19-15-11-7-3)40(49)41(50,35(44)30-26-22-18-14-10-6-2)33-52-37(46)32-28-24-20-16-12-8-4/h38-40,47-51H,5-33H2,1-4H3/t38?,39-,40+,41-,42+/m0/s1. The molecule has 10 nitrogen and oxygen atoms in total. The maximum absolute atomic E-state index is 13.8. The summed E-state index contributed by atoms with van der Waals surface area (Å²) in [6.07, 6.45) is 12.1. The Labute approximate surface area is 315 Å². The Morgan fingerprint density at radius 2 is 0.827 bits per heavy atom. The molecule has 0 aliphatic rings. The molecule has 0 bridgehead atoms. The molecule has 0 amide bonds. The third-order valence-corrected chi connectivity index (χ3v) is 10.4. The van der Waals surface area contributed by atoms with E-state index in [2.05, 4.69) is 27.7 Å². The molecule has 0 heterocycles. The number of unbranched alkanes of at least 4 members (excludes halogenated alkanes) is 20. The molecule has 0 rings (SSSR count). The molecule has 0 aromatic heterocycles. The summed E-state index contributed by atoms with van der Waals surface area (Å²) < 4.78 is 5.33. The van der Waals surface area contributed by atoms with Crippen LogP contribution in [0.2, 0.25) is 0 Å². The van der Waals surface area contributed by atoms with Gasteiger partial charge in [0.1, 0.15) is 24.9 Å². The number of ketones is 3. The lowest BCUT2D eigenvalue weighted by Crippen LogP contribution is -2.71. The monoisotopic (exact) mass is 743 g/mol. The van der Waals surface area contributed by atoms with Crippen molar-refractivity contribution in [3.05, 3.63) is 0 Å². The minimum Gasteiger partial charge on any atom is -0.462 e. The molecule has 0 saturated carbocycles. The van der Waals surface area contributed by atoms with Crippen molar-refractivity contribution in [2.45, 2.75) is 237 Å². The van der Waals surface area contributed by atoms with Gasteiger partial charge in [0, 0.05) is 25.7 Å². The number of esters is 1. The molecule has 5 N–H and O–H groups in total. The van der Waals surface area contributed by atoms with E-state index in [-0.39, 0.29) is 32.1 Å². The van der Waals surface area contributed by atoms with E-state index in [1.165, 1.54) is 0 Å². The zero-order valence-electron chi connectivity index (χ0n) is 33.5. The molecular weight excluding hydrogens is 664 g/mol. The molecule has 0 aliphatic heterocycles. The predicted molar refractivity (Wildman–Crippen MR) is 206 cm³/mol. The third kappa shape index (κ3) is 19.6. The van der Waals surface area contributed by atoms with Crippen LogP contribution in [-0.4, -0.2) is 85.0 Å². The molecule has 1 unspecified atom stereocenters. The van der Waals surface area contributed by atoms with Gasteiger partial charge in [0.2, 0.25) is 0 Å². The summed E-state index contributed by atoms with van der Waals surface area (Å²) in [4.78, 5) is 53.3. The third-order valence-electron chi connectivity index (χ3n) is 10.4. The van der Waals surface area contributed by atoms with Crippen molar-refractivity contribution in [3.8, 4) is 0 Å². The van der Waals surface area contributed by atoms with Crippen LogP contribution >= 0.6 is 0 Å². The first kappa shape index (κ1) is 50.3. The molecule has 306 valence electrons. The Balaban J connectivity index is 6.26. The number of aliphatic hydroxyl groups excluding tert-OH is 3. The lowest BCUT2D eigenvalue weighted by molar-refractivity contribution is -0.227. The first-order valence-corrected chi connectivity index (χ1v) is 21.1. The number of ether oxygens (including phenoxy) is 1. The van der Waals surface area contributed by atoms with E-state index in [4.69, 9.17) is 4.74 Å². The van der Waals surface area contributed by atoms with E-state index < -0.39 is 59.4 Å². The first-order valence-electron chi connectivity index (χ1n) is 21.1. The van der Waals surface area contributed by atoms with Gasteiger partial charge in [0.05, 0.1) is 0 Å². The number of aliphatic hydroxyl groups is 5. The Bertz CT molecular complexity index is 955. The smallest absolute Gasteiger partial charge is 0.305 e. The Morgan fingerprint density at radius 3 is 1.25 bits per heavy atom. The van der Waals surface area contributed by atoms with Crippen LogP contribution in [0.5, 0.6) is 0 Å². The van der Waals surface area contributed by atoms with Gasteiger partial charge >= 0.3 is 5.97 Å². The van der Waals surface area contributed by atoms with E-state index in [1.54, 1.807) is 0 Å². The maximum atomic E-state index is 13.8. The highest BCUT2D eigenvalue weighted by Crippen LogP contribution is 2.33. The Morgan fingerprint density at radius 1 is 0.481 bits per heavy atom. The minimum absolute atomic E-state index is 0.0133. The van der Waals surface area contributed by atoms with Crippen molar-refractivity contribution in [1.29, 1.82) is 0 Å². The number of hydrogen-bond acceptors (Lipinski definition) is 10. The van der Waals surface area contributed by atoms with Crippen LogP contribution in [0.15, 0.2) is 0 Å². The number of carbonyl (C=O) groups excluding carboxylic acids is 4. The van der Waals surface area contributed by atoms with Crippen LogP contribution in [0.1, 0.15) is 207 Å². The van der Waals surface area contributed by atoms with Crippen molar-refractivity contribution in [2.24, 2.45) is 0 Å². The summed E-state index contributed by atoms with van der Waals surface area (Å²) in [5.41, 5.74) is -6.30. The van der Waals surface area contributed by atoms with E-state index in [0.29, 0.717) is 32.1 Å². The first-order chi connectivity index (χ1) is 24.9. The summed E-state index contributed by atoms with van der Waals surface area (Å²) in [5.74, 6) is -3.62. The number of Topliss-reactive ketones (excluding diaryl/α,β-unsaturated/α-hetero) is 3. The topological polar surface area (TPSA) is 179 Å². The molecule has 0 fully saturated rings. The van der Waals surface area contributed by atoms with Crippen LogP contribution in [0.4, 0.5) is 0 Å². The van der Waals surface area contributed by atoms with Crippen LogP contribution < -0.4 is 0 Å². The minimum atomic E-state index is -3.31. The highest BCUT2D eigenvalue weighted by atomic mass is 16.5. The van der Waals surface area contributed by atoms with Gasteiger partial charge in [-0.1, -0.05) is 156 Å². The van der Waals surface area contributed by atoms with E-state index in [1.807, 2.05) is 0 Å². The number of rotatable bonds is 37. The fraction of sp³-hybridized carbons (Fsp3) is 0.905. The lowest BCUT2D eigenvalue weighted by Gasteiger charge is -2.43. The Hall–Kier alpha value is -1.72. The molecule has 10 heteroatoms. The van der Waals surface area contributed by atoms with Gasteiger partial charge in [0.15, 0.2) is 28.6 Å². The zero-order chi connectivity index (χ0) is 39.3. The quantitative estimate of drug-likeness (QED) is 0.0312. The molecular formula is C42H78O10. The van der Waals surface area contributed by atoms with Gasteiger partial charge in [-0.05, 0) is 25.7 Å². The van der Waals surface area contributed by atoms with Crippen molar-refractivity contribution >= 4 is 23.3 Å². The zero-order valence-corrected chi connectivity index (χ0v) is 33.5.